The van der Waals surface area contributed by atoms with Gasteiger partial charge in [0.1, 0.15) is 5.82 Å². The Morgan fingerprint density at radius 2 is 2.22 bits per heavy atom. The highest BCUT2D eigenvalue weighted by molar-refractivity contribution is 9.10. The van der Waals surface area contributed by atoms with Crippen molar-refractivity contribution in [1.29, 1.82) is 0 Å². The van der Waals surface area contributed by atoms with Gasteiger partial charge >= 0.3 is 0 Å². The number of halogens is 1. The fourth-order valence-electron chi connectivity index (χ4n) is 3.04. The first kappa shape index (κ1) is 18.4. The van der Waals surface area contributed by atoms with Crippen LogP contribution < -0.4 is 10.6 Å². The lowest BCUT2D eigenvalue weighted by molar-refractivity contribution is -0.115. The smallest absolute Gasteiger partial charge is 0.239 e. The monoisotopic (exact) mass is 385 g/mol. The molecule has 1 amide bonds. The van der Waals surface area contributed by atoms with Gasteiger partial charge in [-0.15, -0.1) is 0 Å². The number of anilines is 1. The van der Waals surface area contributed by atoms with Crippen LogP contribution in [0.5, 0.6) is 0 Å². The zero-order valence-corrected chi connectivity index (χ0v) is 15.9. The van der Waals surface area contributed by atoms with Gasteiger partial charge in [-0.1, -0.05) is 6.42 Å². The summed E-state index contributed by atoms with van der Waals surface area (Å²) in [5, 5.41) is 10.4. The molecule has 1 aliphatic heterocycles. The van der Waals surface area contributed by atoms with Gasteiger partial charge in [-0.2, -0.15) is 5.10 Å². The highest BCUT2D eigenvalue weighted by Crippen LogP contribution is 2.24. The molecule has 1 unspecified atom stereocenters. The summed E-state index contributed by atoms with van der Waals surface area (Å²) in [6, 6.07) is 0.706. The van der Waals surface area contributed by atoms with Gasteiger partial charge in [0.05, 0.1) is 16.7 Å². The second kappa shape index (κ2) is 8.80. The van der Waals surface area contributed by atoms with Crippen molar-refractivity contribution in [1.82, 2.24) is 20.0 Å². The van der Waals surface area contributed by atoms with Crippen LogP contribution in [0.15, 0.2) is 4.47 Å². The van der Waals surface area contributed by atoms with E-state index in [1.807, 2.05) is 14.0 Å². The zero-order valence-electron chi connectivity index (χ0n) is 14.4. The first-order valence-electron chi connectivity index (χ1n) is 8.42. The Kier molecular flexibility index (Phi) is 7.05. The molecule has 1 aromatic rings. The maximum atomic E-state index is 12.0. The number of aromatic nitrogens is 2. The van der Waals surface area contributed by atoms with Gasteiger partial charge in [0.25, 0.3) is 0 Å². The second-order valence-electron chi connectivity index (χ2n) is 6.33. The van der Waals surface area contributed by atoms with Crippen molar-refractivity contribution in [2.24, 2.45) is 7.05 Å². The normalized spacial score (nSPS) is 19.0. The minimum absolute atomic E-state index is 0.0416. The van der Waals surface area contributed by atoms with E-state index < -0.39 is 0 Å². The first-order chi connectivity index (χ1) is 11.0. The maximum Gasteiger partial charge on any atom is 0.239 e. The molecule has 1 aromatic heterocycles. The number of amides is 1. The van der Waals surface area contributed by atoms with E-state index in [0.717, 1.165) is 29.7 Å². The number of aryl methyl sites for hydroxylation is 2. The molecule has 0 aromatic carbocycles. The molecule has 130 valence electrons. The summed E-state index contributed by atoms with van der Waals surface area (Å²) in [6.07, 6.45) is 5.07. The Labute approximate surface area is 147 Å². The Bertz CT molecular complexity index is 531. The number of carbonyl (C=O) groups is 1. The first-order valence-corrected chi connectivity index (χ1v) is 9.22. The zero-order chi connectivity index (χ0) is 16.8. The highest BCUT2D eigenvalue weighted by Gasteiger charge is 2.17. The molecule has 1 saturated heterocycles. The van der Waals surface area contributed by atoms with Crippen LogP contribution in [0.2, 0.25) is 0 Å². The molecule has 7 heteroatoms. The van der Waals surface area contributed by atoms with Crippen LogP contribution in [0.25, 0.3) is 0 Å². The van der Waals surface area contributed by atoms with Crippen molar-refractivity contribution in [2.75, 3.05) is 31.5 Å². The number of nitrogens with one attached hydrogen (secondary N) is 2. The van der Waals surface area contributed by atoms with Crippen molar-refractivity contribution in [3.05, 3.63) is 10.2 Å². The summed E-state index contributed by atoms with van der Waals surface area (Å²) in [4.78, 5) is 14.6. The van der Waals surface area contributed by atoms with E-state index >= 15 is 0 Å². The van der Waals surface area contributed by atoms with Crippen molar-refractivity contribution in [2.45, 2.75) is 45.6 Å². The van der Waals surface area contributed by atoms with Gasteiger partial charge < -0.3 is 15.5 Å². The van der Waals surface area contributed by atoms with Gasteiger partial charge in [0.15, 0.2) is 0 Å². The van der Waals surface area contributed by atoms with E-state index in [9.17, 15) is 4.79 Å². The van der Waals surface area contributed by atoms with Crippen LogP contribution in [0.4, 0.5) is 5.82 Å². The number of nitrogens with zero attached hydrogens (tertiary/aromatic N) is 3. The summed E-state index contributed by atoms with van der Waals surface area (Å²) in [5.41, 5.74) is 0.867. The number of piperidine rings is 1. The summed E-state index contributed by atoms with van der Waals surface area (Å²) in [7, 11) is 1.82. The third kappa shape index (κ3) is 5.29. The number of hydrogen-bond acceptors (Lipinski definition) is 4. The standard InChI is InChI=1S/C16H28BrN5O/c1-12-7-4-5-9-22(12)10-6-8-18-11-14(23)19-16-15(17)13(2)20-21(16)3/h12,18H,4-11H2,1-3H3,(H,19,23). The SMILES string of the molecule is Cc1nn(C)c(NC(=O)CNCCCN2CCCCC2C)c1Br. The molecule has 0 saturated carbocycles. The third-order valence-electron chi connectivity index (χ3n) is 4.43. The Hall–Kier alpha value is -0.920. The molecule has 2 rings (SSSR count). The molecule has 6 nitrogen and oxygen atoms in total. The quantitative estimate of drug-likeness (QED) is 0.706. The average molecular weight is 386 g/mol. The minimum atomic E-state index is -0.0416. The summed E-state index contributed by atoms with van der Waals surface area (Å²) in [5.74, 6) is 0.663. The predicted molar refractivity (Wildman–Crippen MR) is 96.6 cm³/mol. The Morgan fingerprint density at radius 1 is 1.43 bits per heavy atom. The van der Waals surface area contributed by atoms with E-state index in [1.54, 1.807) is 4.68 Å². The number of hydrogen-bond donors (Lipinski definition) is 2. The lowest BCUT2D eigenvalue weighted by Crippen LogP contribution is -2.39. The molecule has 0 aliphatic carbocycles. The van der Waals surface area contributed by atoms with Crippen LogP contribution in [-0.2, 0) is 11.8 Å². The van der Waals surface area contributed by atoms with Crippen LogP contribution >= 0.6 is 15.9 Å². The molecule has 1 fully saturated rings. The summed E-state index contributed by atoms with van der Waals surface area (Å²) < 4.78 is 2.52. The van der Waals surface area contributed by atoms with Gasteiger partial charge in [0.2, 0.25) is 5.91 Å². The van der Waals surface area contributed by atoms with Crippen LogP contribution in [0.1, 0.15) is 38.3 Å². The van der Waals surface area contributed by atoms with E-state index in [1.165, 1.54) is 25.8 Å². The maximum absolute atomic E-state index is 12.0. The molecule has 23 heavy (non-hydrogen) atoms. The molecule has 2 heterocycles. The molecule has 0 spiro atoms. The van der Waals surface area contributed by atoms with Crippen LogP contribution in [0.3, 0.4) is 0 Å². The number of rotatable bonds is 7. The topological polar surface area (TPSA) is 62.2 Å². The van der Waals surface area contributed by atoms with E-state index in [0.29, 0.717) is 18.4 Å². The lowest BCUT2D eigenvalue weighted by atomic mass is 10.0. The van der Waals surface area contributed by atoms with Gasteiger partial charge in [-0.3, -0.25) is 9.48 Å². The molecular weight excluding hydrogens is 358 g/mol. The molecule has 1 atom stereocenters. The lowest BCUT2D eigenvalue weighted by Gasteiger charge is -2.33. The van der Waals surface area contributed by atoms with Crippen LogP contribution in [-0.4, -0.2) is 52.8 Å². The third-order valence-corrected chi connectivity index (χ3v) is 5.38. The van der Waals surface area contributed by atoms with E-state index in [-0.39, 0.29) is 5.91 Å². The highest BCUT2D eigenvalue weighted by atomic mass is 79.9. The summed E-state index contributed by atoms with van der Waals surface area (Å²) in [6.45, 7) is 7.74. The average Bonchev–Trinajstić information content (AvgIpc) is 2.75. The van der Waals surface area contributed by atoms with Gasteiger partial charge in [0, 0.05) is 13.1 Å². The fraction of sp³-hybridized carbons (Fsp3) is 0.750. The van der Waals surface area contributed by atoms with Crippen molar-refractivity contribution >= 4 is 27.7 Å². The Morgan fingerprint density at radius 3 is 2.87 bits per heavy atom. The minimum Gasteiger partial charge on any atom is -0.309 e. The molecule has 1 aliphatic rings. The summed E-state index contributed by atoms with van der Waals surface area (Å²) >= 11 is 3.45. The molecular formula is C16H28BrN5O. The van der Waals surface area contributed by atoms with Crippen molar-refractivity contribution < 1.29 is 4.79 Å². The second-order valence-corrected chi connectivity index (χ2v) is 7.12. The predicted octanol–water partition coefficient (Wildman–Crippen LogP) is 2.28. The van der Waals surface area contributed by atoms with E-state index in [4.69, 9.17) is 0 Å². The van der Waals surface area contributed by atoms with Crippen LogP contribution in [0, 0.1) is 6.92 Å². The molecule has 0 bridgehead atoms. The van der Waals surface area contributed by atoms with Crippen molar-refractivity contribution in [3.63, 3.8) is 0 Å². The molecule has 2 N–H and O–H groups in total. The number of carbonyl (C=O) groups excluding carboxylic acids is 1. The van der Waals surface area contributed by atoms with Gasteiger partial charge in [-0.05, 0) is 68.7 Å². The van der Waals surface area contributed by atoms with E-state index in [2.05, 4.69) is 43.5 Å². The fourth-order valence-corrected chi connectivity index (χ4v) is 3.48. The molecule has 0 radical (unpaired) electrons. The Balaban J connectivity index is 1.63. The van der Waals surface area contributed by atoms with Crippen molar-refractivity contribution in [3.8, 4) is 0 Å². The number of likely N-dealkylation sites (tertiary alicyclic amines) is 1. The van der Waals surface area contributed by atoms with Gasteiger partial charge in [-0.25, -0.2) is 0 Å². The largest absolute Gasteiger partial charge is 0.309 e.